The second-order valence-electron chi connectivity index (χ2n) is 1.82. The van der Waals surface area contributed by atoms with Crippen LogP contribution in [0.4, 0.5) is 0 Å². The van der Waals surface area contributed by atoms with Crippen LogP contribution in [0.2, 0.25) is 0 Å². The number of aliphatic carboxylic acids is 3. The Morgan fingerprint density at radius 2 is 1.33 bits per heavy atom. The SMILES string of the molecule is O=C([O-])C=C(CC(=O)[O-])C(=O)[O-].[Li+].[Li+].[Li+]. The molecule has 0 aliphatic carbocycles. The van der Waals surface area contributed by atoms with Gasteiger partial charge in [0.15, 0.2) is 0 Å². The standard InChI is InChI=1S/C6H6O6.3Li/c7-4(8)1-3(6(11)12)2-5(9)10;;;/h1H,2H2,(H,7,8)(H,9,10)(H,11,12);;;/q;3*+1/p-3. The second kappa shape index (κ2) is 12.0. The van der Waals surface area contributed by atoms with Crippen molar-refractivity contribution in [1.29, 1.82) is 0 Å². The molecule has 0 amide bonds. The molecule has 0 aliphatic heterocycles. The van der Waals surface area contributed by atoms with Crippen molar-refractivity contribution in [1.82, 2.24) is 0 Å². The first kappa shape index (κ1) is 24.3. The van der Waals surface area contributed by atoms with E-state index in [1.165, 1.54) is 0 Å². The van der Waals surface area contributed by atoms with Crippen LogP contribution < -0.4 is 71.9 Å². The van der Waals surface area contributed by atoms with Crippen LogP contribution in [0.15, 0.2) is 11.6 Å². The maximum Gasteiger partial charge on any atom is 1.00 e. The molecule has 0 aromatic heterocycles. The largest absolute Gasteiger partial charge is 1.00 e. The Kier molecular flexibility index (Phi) is 19.4. The third kappa shape index (κ3) is 13.9. The summed E-state index contributed by atoms with van der Waals surface area (Å²) in [5.41, 5.74) is -0.894. The molecule has 9 heteroatoms. The zero-order valence-electron chi connectivity index (χ0n) is 8.73. The molecule has 0 aromatic rings. The van der Waals surface area contributed by atoms with Gasteiger partial charge in [-0.1, -0.05) is 0 Å². The minimum absolute atomic E-state index is 0. The van der Waals surface area contributed by atoms with Crippen molar-refractivity contribution in [3.63, 3.8) is 0 Å². The van der Waals surface area contributed by atoms with Gasteiger partial charge in [-0.25, -0.2) is 0 Å². The Morgan fingerprint density at radius 1 is 0.933 bits per heavy atom. The molecule has 0 fully saturated rings. The molecule has 0 spiro atoms. The molecule has 6 nitrogen and oxygen atoms in total. The zero-order chi connectivity index (χ0) is 9.72. The molecule has 0 radical (unpaired) electrons. The first-order valence-corrected chi connectivity index (χ1v) is 2.76. The molecule has 66 valence electrons. The van der Waals surface area contributed by atoms with E-state index in [1.807, 2.05) is 0 Å². The zero-order valence-corrected chi connectivity index (χ0v) is 8.73. The van der Waals surface area contributed by atoms with Gasteiger partial charge in [0, 0.05) is 12.4 Å². The molecule has 0 aliphatic rings. The van der Waals surface area contributed by atoms with E-state index in [0.717, 1.165) is 0 Å². The first-order valence-electron chi connectivity index (χ1n) is 2.76. The number of hydrogen-bond donors (Lipinski definition) is 0. The van der Waals surface area contributed by atoms with Gasteiger partial charge in [-0.15, -0.1) is 0 Å². The van der Waals surface area contributed by atoms with E-state index in [9.17, 15) is 29.7 Å². The molecule has 0 aromatic carbocycles. The Bertz CT molecular complexity index is 262. The maximum atomic E-state index is 10.0. The Hall–Kier alpha value is -0.0578. The molecule has 0 saturated heterocycles. The summed E-state index contributed by atoms with van der Waals surface area (Å²) in [6.07, 6.45) is -0.874. The predicted octanol–water partition coefficient (Wildman–Crippen LogP) is -13.4. The van der Waals surface area contributed by atoms with Crippen LogP contribution in [0.1, 0.15) is 6.42 Å². The van der Waals surface area contributed by atoms with Crippen LogP contribution in [-0.2, 0) is 14.4 Å². The number of carboxylic acid groups (broad SMARTS) is 3. The molecular weight excluding hydrogens is 189 g/mol. The van der Waals surface area contributed by atoms with Crippen LogP contribution in [0.25, 0.3) is 0 Å². The normalized spacial score (nSPS) is 8.67. The molecule has 15 heavy (non-hydrogen) atoms. The van der Waals surface area contributed by atoms with Crippen LogP contribution in [0, 0.1) is 0 Å². The quantitative estimate of drug-likeness (QED) is 0.322. The number of rotatable bonds is 4. The van der Waals surface area contributed by atoms with Crippen LogP contribution >= 0.6 is 0 Å². The van der Waals surface area contributed by atoms with Gasteiger partial charge in [-0.05, 0) is 11.6 Å². The number of carbonyl (C=O) groups is 3. The Morgan fingerprint density at radius 3 is 1.53 bits per heavy atom. The van der Waals surface area contributed by atoms with Gasteiger partial charge in [0.25, 0.3) is 0 Å². The van der Waals surface area contributed by atoms with E-state index < -0.39 is 29.9 Å². The topological polar surface area (TPSA) is 120 Å². The molecule has 0 bridgehead atoms. The fraction of sp³-hybridized carbons (Fsp3) is 0.167. The summed E-state index contributed by atoms with van der Waals surface area (Å²) in [7, 11) is 0. The van der Waals surface area contributed by atoms with E-state index in [2.05, 4.69) is 0 Å². The summed E-state index contributed by atoms with van der Waals surface area (Å²) in [6, 6.07) is 0. The minimum Gasteiger partial charge on any atom is -0.550 e. The molecule has 0 saturated carbocycles. The molecule has 0 heterocycles. The number of hydrogen-bond acceptors (Lipinski definition) is 6. The van der Waals surface area contributed by atoms with E-state index in [1.54, 1.807) is 0 Å². The Labute approximate surface area is 122 Å². The van der Waals surface area contributed by atoms with Crippen LogP contribution in [0.3, 0.4) is 0 Å². The van der Waals surface area contributed by atoms with Gasteiger partial charge < -0.3 is 29.7 Å². The first-order chi connectivity index (χ1) is 5.43. The summed E-state index contributed by atoms with van der Waals surface area (Å²) >= 11 is 0. The van der Waals surface area contributed by atoms with Crippen molar-refractivity contribution in [3.05, 3.63) is 11.6 Å². The average molecular weight is 192 g/mol. The van der Waals surface area contributed by atoms with Crippen LogP contribution in [0.5, 0.6) is 0 Å². The van der Waals surface area contributed by atoms with Crippen molar-refractivity contribution in [2.24, 2.45) is 0 Å². The summed E-state index contributed by atoms with van der Waals surface area (Å²) in [5.74, 6) is -5.37. The fourth-order valence-corrected chi connectivity index (χ4v) is 0.480. The molecular formula is C6H3Li3O6. The van der Waals surface area contributed by atoms with Gasteiger partial charge in [0.2, 0.25) is 0 Å². The van der Waals surface area contributed by atoms with E-state index in [-0.39, 0.29) is 62.7 Å². The summed E-state index contributed by atoms with van der Waals surface area (Å²) in [5, 5.41) is 29.7. The molecule has 0 atom stereocenters. The third-order valence-electron chi connectivity index (χ3n) is 0.889. The fourth-order valence-electron chi connectivity index (χ4n) is 0.480. The number of carboxylic acids is 3. The van der Waals surface area contributed by atoms with E-state index in [0.29, 0.717) is 0 Å². The van der Waals surface area contributed by atoms with Crippen molar-refractivity contribution < 1.29 is 86.3 Å². The molecule has 0 rings (SSSR count). The van der Waals surface area contributed by atoms with Gasteiger partial charge in [0.1, 0.15) is 0 Å². The van der Waals surface area contributed by atoms with Gasteiger partial charge in [0.05, 0.1) is 11.9 Å². The van der Waals surface area contributed by atoms with Crippen molar-refractivity contribution in [3.8, 4) is 0 Å². The summed E-state index contributed by atoms with van der Waals surface area (Å²) < 4.78 is 0. The minimum atomic E-state index is -1.87. The number of carbonyl (C=O) groups excluding carboxylic acids is 3. The van der Waals surface area contributed by atoms with E-state index >= 15 is 0 Å². The Balaban J connectivity index is -0.000000202. The second-order valence-corrected chi connectivity index (χ2v) is 1.82. The monoisotopic (exact) mass is 192 g/mol. The summed E-state index contributed by atoms with van der Waals surface area (Å²) in [6.45, 7) is 0. The van der Waals surface area contributed by atoms with Crippen LogP contribution in [-0.4, -0.2) is 17.9 Å². The van der Waals surface area contributed by atoms with Crippen molar-refractivity contribution >= 4 is 17.9 Å². The summed E-state index contributed by atoms with van der Waals surface area (Å²) in [4.78, 5) is 29.7. The van der Waals surface area contributed by atoms with Gasteiger partial charge in [-0.2, -0.15) is 0 Å². The maximum absolute atomic E-state index is 10.0. The average Bonchev–Trinajstić information content (AvgIpc) is 1.83. The predicted molar refractivity (Wildman–Crippen MR) is 27.7 cm³/mol. The van der Waals surface area contributed by atoms with Gasteiger partial charge in [-0.3, -0.25) is 0 Å². The van der Waals surface area contributed by atoms with Crippen molar-refractivity contribution in [2.45, 2.75) is 6.42 Å². The van der Waals surface area contributed by atoms with E-state index in [4.69, 9.17) is 0 Å². The third-order valence-corrected chi connectivity index (χ3v) is 0.889. The van der Waals surface area contributed by atoms with Crippen molar-refractivity contribution in [2.75, 3.05) is 0 Å². The molecule has 0 N–H and O–H groups in total. The smallest absolute Gasteiger partial charge is 0.550 e. The molecule has 0 unspecified atom stereocenters. The van der Waals surface area contributed by atoms with Gasteiger partial charge >= 0.3 is 56.6 Å².